The summed E-state index contributed by atoms with van der Waals surface area (Å²) < 4.78 is 5.27. The summed E-state index contributed by atoms with van der Waals surface area (Å²) in [4.78, 5) is 36.6. The maximum atomic E-state index is 12.2. The minimum atomic E-state index is -1.10. The molecule has 2 aromatic carbocycles. The number of carboxylic acids is 1. The van der Waals surface area contributed by atoms with Gasteiger partial charge in [-0.1, -0.05) is 17.7 Å². The molecular weight excluding hydrogens is 348 g/mol. The van der Waals surface area contributed by atoms with Crippen molar-refractivity contribution in [3.05, 3.63) is 53.1 Å². The molecule has 2 amide bonds. The molecule has 1 aliphatic heterocycles. The lowest BCUT2D eigenvalue weighted by molar-refractivity contribution is -0.123. The van der Waals surface area contributed by atoms with Crippen LogP contribution < -0.4 is 15.0 Å². The summed E-state index contributed by atoms with van der Waals surface area (Å²) in [6.45, 7) is -0.491. The smallest absolute Gasteiger partial charge is 0.335 e. The molecule has 7 nitrogen and oxygen atoms in total. The molecule has 0 atom stereocenters. The zero-order chi connectivity index (χ0) is 18.0. The van der Waals surface area contributed by atoms with E-state index in [1.807, 2.05) is 0 Å². The number of halogens is 1. The van der Waals surface area contributed by atoms with Crippen molar-refractivity contribution in [1.82, 2.24) is 0 Å². The predicted octanol–water partition coefficient (Wildman–Crippen LogP) is 2.40. The normalized spacial score (nSPS) is 13.0. The minimum absolute atomic E-state index is 0.0384. The van der Waals surface area contributed by atoms with E-state index in [1.54, 1.807) is 24.3 Å². The van der Waals surface area contributed by atoms with Gasteiger partial charge < -0.3 is 15.2 Å². The molecule has 2 aromatic rings. The van der Waals surface area contributed by atoms with Gasteiger partial charge in [-0.15, -0.1) is 0 Å². The van der Waals surface area contributed by atoms with Gasteiger partial charge in [0, 0.05) is 10.7 Å². The van der Waals surface area contributed by atoms with Crippen LogP contribution in [0, 0.1) is 0 Å². The van der Waals surface area contributed by atoms with Crippen LogP contribution in [-0.2, 0) is 9.59 Å². The Morgan fingerprint density at radius 3 is 2.76 bits per heavy atom. The van der Waals surface area contributed by atoms with Crippen LogP contribution in [0.1, 0.15) is 10.4 Å². The highest BCUT2D eigenvalue weighted by Gasteiger charge is 2.28. The van der Waals surface area contributed by atoms with Crippen molar-refractivity contribution in [1.29, 1.82) is 0 Å². The third-order valence-electron chi connectivity index (χ3n) is 3.56. The molecule has 0 bridgehead atoms. The van der Waals surface area contributed by atoms with E-state index in [-0.39, 0.29) is 24.5 Å². The van der Waals surface area contributed by atoms with Crippen molar-refractivity contribution in [3.63, 3.8) is 0 Å². The topological polar surface area (TPSA) is 95.9 Å². The summed E-state index contributed by atoms with van der Waals surface area (Å²) in [5.74, 6) is -1.66. The Balaban J connectivity index is 1.79. The van der Waals surface area contributed by atoms with E-state index in [1.165, 1.54) is 23.1 Å². The molecular formula is C17H13ClN2O5. The number of fused-ring (bicyclic) bond motifs is 1. The number of anilines is 2. The lowest BCUT2D eigenvalue weighted by Gasteiger charge is -2.29. The average molecular weight is 361 g/mol. The number of carbonyl (C=O) groups excluding carboxylic acids is 2. The van der Waals surface area contributed by atoms with Crippen LogP contribution in [0.3, 0.4) is 0 Å². The van der Waals surface area contributed by atoms with Crippen LogP contribution in [0.4, 0.5) is 11.4 Å². The van der Waals surface area contributed by atoms with Crippen LogP contribution in [0.2, 0.25) is 5.02 Å². The summed E-state index contributed by atoms with van der Waals surface area (Å²) in [7, 11) is 0. The van der Waals surface area contributed by atoms with Crippen molar-refractivity contribution in [2.75, 3.05) is 23.4 Å². The average Bonchev–Trinajstić information content (AvgIpc) is 2.57. The van der Waals surface area contributed by atoms with Crippen LogP contribution in [0.5, 0.6) is 5.75 Å². The maximum absolute atomic E-state index is 12.2. The number of hydrogen-bond donors (Lipinski definition) is 2. The molecule has 128 valence electrons. The lowest BCUT2D eigenvalue weighted by atomic mass is 10.1. The first kappa shape index (κ1) is 16.8. The predicted molar refractivity (Wildman–Crippen MR) is 91.3 cm³/mol. The van der Waals surface area contributed by atoms with E-state index in [4.69, 9.17) is 21.4 Å². The highest BCUT2D eigenvalue weighted by Crippen LogP contribution is 2.33. The lowest BCUT2D eigenvalue weighted by Crippen LogP contribution is -2.43. The number of rotatable bonds is 4. The molecule has 0 saturated heterocycles. The fourth-order valence-electron chi connectivity index (χ4n) is 2.42. The molecule has 0 fully saturated rings. The number of amides is 2. The van der Waals surface area contributed by atoms with Crippen molar-refractivity contribution in [3.8, 4) is 5.75 Å². The molecule has 8 heteroatoms. The number of benzene rings is 2. The number of aromatic carboxylic acids is 1. The third kappa shape index (κ3) is 3.72. The molecule has 0 spiro atoms. The number of hydrogen-bond acceptors (Lipinski definition) is 4. The Hall–Kier alpha value is -3.06. The van der Waals surface area contributed by atoms with Gasteiger partial charge in [-0.25, -0.2) is 4.79 Å². The van der Waals surface area contributed by atoms with Crippen molar-refractivity contribution < 1.29 is 24.2 Å². The largest absolute Gasteiger partial charge is 0.482 e. The summed E-state index contributed by atoms with van der Waals surface area (Å²) in [6, 6.07) is 10.8. The minimum Gasteiger partial charge on any atom is -0.482 e. The van der Waals surface area contributed by atoms with E-state index < -0.39 is 17.8 Å². The molecule has 25 heavy (non-hydrogen) atoms. The highest BCUT2D eigenvalue weighted by atomic mass is 35.5. The van der Waals surface area contributed by atoms with Crippen molar-refractivity contribution >= 4 is 40.8 Å². The molecule has 1 aliphatic rings. The number of carboxylic acid groups (broad SMARTS) is 1. The Kier molecular flexibility index (Phi) is 4.58. The second kappa shape index (κ2) is 6.82. The Morgan fingerprint density at radius 2 is 2.04 bits per heavy atom. The molecule has 0 saturated carbocycles. The fraction of sp³-hybridized carbons (Fsp3) is 0.118. The van der Waals surface area contributed by atoms with E-state index >= 15 is 0 Å². The van der Waals surface area contributed by atoms with Crippen molar-refractivity contribution in [2.45, 2.75) is 0 Å². The molecule has 0 unspecified atom stereocenters. The van der Waals surface area contributed by atoms with Crippen LogP contribution in [0.25, 0.3) is 0 Å². The fourth-order valence-corrected chi connectivity index (χ4v) is 2.61. The van der Waals surface area contributed by atoms with Gasteiger partial charge >= 0.3 is 5.97 Å². The summed E-state index contributed by atoms with van der Waals surface area (Å²) >= 11 is 5.87. The first-order valence-corrected chi connectivity index (χ1v) is 7.68. The first-order valence-electron chi connectivity index (χ1n) is 7.30. The maximum Gasteiger partial charge on any atom is 0.335 e. The second-order valence-electron chi connectivity index (χ2n) is 5.31. The number of ether oxygens (including phenoxy) is 1. The second-order valence-corrected chi connectivity index (χ2v) is 5.75. The van der Waals surface area contributed by atoms with E-state index in [0.29, 0.717) is 16.4 Å². The van der Waals surface area contributed by atoms with Crippen LogP contribution in [-0.4, -0.2) is 36.0 Å². The zero-order valence-corrected chi connectivity index (χ0v) is 13.6. The van der Waals surface area contributed by atoms with Gasteiger partial charge in [0.15, 0.2) is 6.61 Å². The number of nitrogens with one attached hydrogen (secondary N) is 1. The van der Waals surface area contributed by atoms with E-state index in [0.717, 1.165) is 0 Å². The SMILES string of the molecule is O=C(CN1C(=O)COc2cc(C(=O)O)ccc21)Nc1cccc(Cl)c1. The molecule has 0 aliphatic carbocycles. The zero-order valence-electron chi connectivity index (χ0n) is 12.9. The molecule has 1 heterocycles. The molecule has 0 radical (unpaired) electrons. The van der Waals surface area contributed by atoms with E-state index in [9.17, 15) is 14.4 Å². The van der Waals surface area contributed by atoms with Gasteiger partial charge in [0.1, 0.15) is 12.3 Å². The quantitative estimate of drug-likeness (QED) is 0.872. The van der Waals surface area contributed by atoms with Gasteiger partial charge in [-0.2, -0.15) is 0 Å². The van der Waals surface area contributed by atoms with Gasteiger partial charge in [0.25, 0.3) is 5.91 Å². The Morgan fingerprint density at radius 1 is 1.24 bits per heavy atom. The summed E-state index contributed by atoms with van der Waals surface area (Å²) in [6.07, 6.45) is 0. The van der Waals surface area contributed by atoms with Gasteiger partial charge in [0.05, 0.1) is 11.3 Å². The monoisotopic (exact) mass is 360 g/mol. The van der Waals surface area contributed by atoms with Crippen LogP contribution in [0.15, 0.2) is 42.5 Å². The Labute approximate surface area is 147 Å². The highest BCUT2D eigenvalue weighted by molar-refractivity contribution is 6.30. The van der Waals surface area contributed by atoms with Gasteiger partial charge in [-0.05, 0) is 36.4 Å². The third-order valence-corrected chi connectivity index (χ3v) is 3.79. The standard InChI is InChI=1S/C17H13ClN2O5/c18-11-2-1-3-12(7-11)19-15(21)8-20-13-5-4-10(17(23)24)6-14(13)25-9-16(20)22/h1-7H,8-9H2,(H,19,21)(H,23,24). The first-order chi connectivity index (χ1) is 11.9. The van der Waals surface area contributed by atoms with Crippen molar-refractivity contribution in [2.24, 2.45) is 0 Å². The van der Waals surface area contributed by atoms with Gasteiger partial charge in [0.2, 0.25) is 5.91 Å². The van der Waals surface area contributed by atoms with Crippen LogP contribution >= 0.6 is 11.6 Å². The molecule has 2 N–H and O–H groups in total. The molecule has 0 aromatic heterocycles. The van der Waals surface area contributed by atoms with E-state index in [2.05, 4.69) is 5.32 Å². The van der Waals surface area contributed by atoms with Gasteiger partial charge in [-0.3, -0.25) is 14.5 Å². The molecule has 3 rings (SSSR count). The Bertz CT molecular complexity index is 868. The summed E-state index contributed by atoms with van der Waals surface area (Å²) in [5.41, 5.74) is 0.901. The number of nitrogens with zero attached hydrogens (tertiary/aromatic N) is 1. The summed E-state index contributed by atoms with van der Waals surface area (Å²) in [5, 5.41) is 12.2. The number of carbonyl (C=O) groups is 3.